The average molecular weight is 418 g/mol. The van der Waals surface area contributed by atoms with E-state index in [9.17, 15) is 4.79 Å². The molecule has 0 atom stereocenters. The molecule has 2 aromatic carbocycles. The molecule has 0 bridgehead atoms. The fourth-order valence-electron chi connectivity index (χ4n) is 3.30. The van der Waals surface area contributed by atoms with Gasteiger partial charge in [-0.3, -0.25) is 9.69 Å². The lowest BCUT2D eigenvalue weighted by molar-refractivity contribution is -0.116. The molecule has 0 radical (unpaired) electrons. The Morgan fingerprint density at radius 1 is 0.966 bits per heavy atom. The summed E-state index contributed by atoms with van der Waals surface area (Å²) < 4.78 is 11.0. The number of piperazine rings is 1. The van der Waals surface area contributed by atoms with Gasteiger partial charge in [-0.2, -0.15) is 0 Å². The number of methoxy groups -OCH3 is 1. The Morgan fingerprint density at radius 2 is 1.59 bits per heavy atom. The highest BCUT2D eigenvalue weighted by Gasteiger charge is 2.18. The first kappa shape index (κ1) is 21.4. The topological polar surface area (TPSA) is 54.0 Å². The molecule has 1 aliphatic rings. The fourth-order valence-corrected chi connectivity index (χ4v) is 3.49. The van der Waals surface area contributed by atoms with Gasteiger partial charge in [0.2, 0.25) is 5.91 Å². The lowest BCUT2D eigenvalue weighted by Crippen LogP contribution is -2.48. The number of carbonyl (C=O) groups excluding carboxylic acids is 1. The van der Waals surface area contributed by atoms with Crippen LogP contribution in [0.25, 0.3) is 0 Å². The number of carbonyl (C=O) groups is 1. The molecule has 2 aromatic rings. The number of hydrogen-bond donors (Lipinski definition) is 1. The Morgan fingerprint density at radius 3 is 2.28 bits per heavy atom. The maximum absolute atomic E-state index is 12.3. The van der Waals surface area contributed by atoms with E-state index < -0.39 is 0 Å². The Balaban J connectivity index is 1.32. The van der Waals surface area contributed by atoms with Crippen LogP contribution in [-0.4, -0.2) is 68.7 Å². The number of benzene rings is 2. The Kier molecular flexibility index (Phi) is 8.16. The van der Waals surface area contributed by atoms with Crippen LogP contribution < -0.4 is 14.8 Å². The summed E-state index contributed by atoms with van der Waals surface area (Å²) in [7, 11) is 1.60. The zero-order valence-electron chi connectivity index (χ0n) is 16.8. The van der Waals surface area contributed by atoms with E-state index in [0.29, 0.717) is 29.5 Å². The van der Waals surface area contributed by atoms with Crippen molar-refractivity contribution in [3.8, 4) is 11.5 Å². The number of para-hydroxylation sites is 3. The van der Waals surface area contributed by atoms with E-state index in [4.69, 9.17) is 21.1 Å². The number of anilines is 1. The van der Waals surface area contributed by atoms with E-state index in [-0.39, 0.29) is 5.91 Å². The molecule has 1 aliphatic heterocycles. The number of amides is 1. The second-order valence-corrected chi connectivity index (χ2v) is 7.37. The van der Waals surface area contributed by atoms with Crippen LogP contribution in [0.3, 0.4) is 0 Å². The molecule has 1 N–H and O–H groups in total. The smallest absolute Gasteiger partial charge is 0.225 e. The molecule has 3 rings (SSSR count). The van der Waals surface area contributed by atoms with Crippen LogP contribution in [0.15, 0.2) is 48.5 Å². The highest BCUT2D eigenvalue weighted by molar-refractivity contribution is 6.32. The SMILES string of the molecule is COc1ccccc1NC(=O)CCN1CCN(CCOc2ccccc2Cl)CC1. The normalized spacial score (nSPS) is 15.1. The van der Waals surface area contributed by atoms with Gasteiger partial charge in [-0.05, 0) is 24.3 Å². The monoisotopic (exact) mass is 417 g/mol. The second kappa shape index (κ2) is 11.0. The van der Waals surface area contributed by atoms with Crippen LogP contribution in [-0.2, 0) is 4.79 Å². The van der Waals surface area contributed by atoms with Crippen molar-refractivity contribution in [2.24, 2.45) is 0 Å². The van der Waals surface area contributed by atoms with Crippen LogP contribution in [0.5, 0.6) is 11.5 Å². The molecule has 1 amide bonds. The van der Waals surface area contributed by atoms with E-state index in [1.54, 1.807) is 7.11 Å². The fraction of sp³-hybridized carbons (Fsp3) is 0.409. The van der Waals surface area contributed by atoms with Gasteiger partial charge in [0.1, 0.15) is 18.1 Å². The molecule has 7 heteroatoms. The van der Waals surface area contributed by atoms with Gasteiger partial charge in [0.15, 0.2) is 0 Å². The lowest BCUT2D eigenvalue weighted by Gasteiger charge is -2.34. The predicted octanol–water partition coefficient (Wildman–Crippen LogP) is 3.37. The van der Waals surface area contributed by atoms with E-state index in [0.717, 1.165) is 45.0 Å². The van der Waals surface area contributed by atoms with Crippen LogP contribution in [0.4, 0.5) is 5.69 Å². The number of hydrogen-bond acceptors (Lipinski definition) is 5. The van der Waals surface area contributed by atoms with E-state index in [2.05, 4.69) is 15.1 Å². The summed E-state index contributed by atoms with van der Waals surface area (Å²) in [6.45, 7) is 6.09. The van der Waals surface area contributed by atoms with Gasteiger partial charge >= 0.3 is 0 Å². The number of nitrogens with zero attached hydrogens (tertiary/aromatic N) is 2. The Bertz CT molecular complexity index is 794. The molecule has 0 aromatic heterocycles. The van der Waals surface area contributed by atoms with E-state index >= 15 is 0 Å². The first-order valence-corrected chi connectivity index (χ1v) is 10.3. The zero-order valence-corrected chi connectivity index (χ0v) is 17.5. The quantitative estimate of drug-likeness (QED) is 0.678. The zero-order chi connectivity index (χ0) is 20.5. The van der Waals surface area contributed by atoms with E-state index in [1.165, 1.54) is 0 Å². The molecule has 29 heavy (non-hydrogen) atoms. The minimum absolute atomic E-state index is 0.00469. The van der Waals surface area contributed by atoms with Crippen molar-refractivity contribution in [1.29, 1.82) is 0 Å². The molecule has 0 unspecified atom stereocenters. The van der Waals surface area contributed by atoms with Gasteiger partial charge in [-0.15, -0.1) is 0 Å². The van der Waals surface area contributed by atoms with Gasteiger partial charge in [-0.25, -0.2) is 0 Å². The molecular weight excluding hydrogens is 390 g/mol. The van der Waals surface area contributed by atoms with Crippen molar-refractivity contribution in [2.45, 2.75) is 6.42 Å². The van der Waals surface area contributed by atoms with Gasteiger partial charge < -0.3 is 19.7 Å². The third-order valence-corrected chi connectivity index (χ3v) is 5.32. The van der Waals surface area contributed by atoms with Crippen LogP contribution in [0.2, 0.25) is 5.02 Å². The van der Waals surface area contributed by atoms with Crippen LogP contribution >= 0.6 is 11.6 Å². The van der Waals surface area contributed by atoms with Crippen molar-refractivity contribution in [3.63, 3.8) is 0 Å². The number of ether oxygens (including phenoxy) is 2. The molecule has 0 spiro atoms. The van der Waals surface area contributed by atoms with Crippen molar-refractivity contribution in [3.05, 3.63) is 53.6 Å². The summed E-state index contributed by atoms with van der Waals surface area (Å²) in [6, 6.07) is 15.0. The predicted molar refractivity (Wildman–Crippen MR) is 116 cm³/mol. The highest BCUT2D eigenvalue weighted by Crippen LogP contribution is 2.24. The van der Waals surface area contributed by atoms with Gasteiger partial charge in [0, 0.05) is 45.7 Å². The van der Waals surface area contributed by atoms with Gasteiger partial charge in [-0.1, -0.05) is 35.9 Å². The maximum atomic E-state index is 12.3. The first-order chi connectivity index (χ1) is 14.2. The molecule has 1 fully saturated rings. The third-order valence-electron chi connectivity index (χ3n) is 5.00. The van der Waals surface area contributed by atoms with Crippen molar-refractivity contribution >= 4 is 23.2 Å². The van der Waals surface area contributed by atoms with Crippen molar-refractivity contribution in [2.75, 3.05) is 58.3 Å². The Hall–Kier alpha value is -2.28. The first-order valence-electron chi connectivity index (χ1n) is 9.90. The van der Waals surface area contributed by atoms with Gasteiger partial charge in [0.05, 0.1) is 17.8 Å². The molecule has 1 heterocycles. The number of nitrogens with one attached hydrogen (secondary N) is 1. The minimum Gasteiger partial charge on any atom is -0.495 e. The van der Waals surface area contributed by atoms with Crippen LogP contribution in [0, 0.1) is 0 Å². The second-order valence-electron chi connectivity index (χ2n) is 6.96. The maximum Gasteiger partial charge on any atom is 0.225 e. The molecule has 1 saturated heterocycles. The summed E-state index contributed by atoms with van der Waals surface area (Å²) in [5, 5.41) is 3.57. The third kappa shape index (κ3) is 6.63. The van der Waals surface area contributed by atoms with Crippen molar-refractivity contribution < 1.29 is 14.3 Å². The summed E-state index contributed by atoms with van der Waals surface area (Å²) in [5.41, 5.74) is 0.711. The molecule has 6 nitrogen and oxygen atoms in total. The summed E-state index contributed by atoms with van der Waals surface area (Å²) in [5.74, 6) is 1.41. The molecular formula is C22H28ClN3O3. The lowest BCUT2D eigenvalue weighted by atomic mass is 10.2. The molecule has 0 saturated carbocycles. The summed E-state index contributed by atoms with van der Waals surface area (Å²) in [4.78, 5) is 17.0. The summed E-state index contributed by atoms with van der Waals surface area (Å²) >= 11 is 6.11. The minimum atomic E-state index is 0.00469. The van der Waals surface area contributed by atoms with E-state index in [1.807, 2.05) is 48.5 Å². The Labute approximate surface area is 177 Å². The molecule has 0 aliphatic carbocycles. The molecule has 156 valence electrons. The number of halogens is 1. The standard InChI is InChI=1S/C22H28ClN3O3/c1-28-21-9-5-3-7-19(21)24-22(27)10-11-25-12-14-26(15-13-25)16-17-29-20-8-4-2-6-18(20)23/h2-9H,10-17H2,1H3,(H,24,27). The number of rotatable bonds is 9. The van der Waals surface area contributed by atoms with Crippen molar-refractivity contribution in [1.82, 2.24) is 9.80 Å². The highest BCUT2D eigenvalue weighted by atomic mass is 35.5. The average Bonchev–Trinajstić information content (AvgIpc) is 2.75. The van der Waals surface area contributed by atoms with Crippen LogP contribution in [0.1, 0.15) is 6.42 Å². The largest absolute Gasteiger partial charge is 0.495 e. The summed E-state index contributed by atoms with van der Waals surface area (Å²) in [6.07, 6.45) is 0.466. The van der Waals surface area contributed by atoms with Gasteiger partial charge in [0.25, 0.3) is 0 Å².